The molecule has 3 aromatic rings. The molecule has 0 saturated carbocycles. The van der Waals surface area contributed by atoms with Crippen molar-refractivity contribution in [2.45, 2.75) is 19.4 Å². The number of fused-ring (bicyclic) bond motifs is 3. The van der Waals surface area contributed by atoms with Crippen molar-refractivity contribution >= 4 is 22.5 Å². The predicted molar refractivity (Wildman–Crippen MR) is 88.3 cm³/mol. The molecule has 0 saturated heterocycles. The van der Waals surface area contributed by atoms with Crippen LogP contribution in [-0.4, -0.2) is 10.7 Å². The zero-order valence-electron chi connectivity index (χ0n) is 12.0. The summed E-state index contributed by atoms with van der Waals surface area (Å²) >= 11 is 6.15. The molecule has 2 heterocycles. The number of hydrogen-bond acceptors (Lipinski definition) is 2. The van der Waals surface area contributed by atoms with Crippen molar-refractivity contribution < 1.29 is 4.74 Å². The van der Waals surface area contributed by atoms with Crippen molar-refractivity contribution in [3.63, 3.8) is 0 Å². The molecule has 1 aliphatic rings. The van der Waals surface area contributed by atoms with Crippen molar-refractivity contribution in [2.24, 2.45) is 0 Å². The first-order valence-corrected chi connectivity index (χ1v) is 7.62. The second kappa shape index (κ2) is 4.89. The topological polar surface area (TPSA) is 31.2 Å². The molecule has 0 bridgehead atoms. The lowest BCUT2D eigenvalue weighted by Gasteiger charge is -2.14. The lowest BCUT2D eigenvalue weighted by molar-refractivity contribution is 0.257. The van der Waals surface area contributed by atoms with Crippen molar-refractivity contribution in [2.75, 3.05) is 0 Å². The molecule has 4 rings (SSSR count). The third-order valence-electron chi connectivity index (χ3n) is 4.00. The number of nitrogens with zero attached hydrogens (tertiary/aromatic N) is 1. The van der Waals surface area contributed by atoms with Gasteiger partial charge < -0.3 is 4.74 Å². The fourth-order valence-electron chi connectivity index (χ4n) is 3.07. The van der Waals surface area contributed by atoms with Gasteiger partial charge in [-0.15, -0.1) is 0 Å². The number of rotatable bonds is 1. The third-order valence-corrected chi connectivity index (χ3v) is 4.24. The molecule has 1 atom stereocenters. The van der Waals surface area contributed by atoms with Crippen LogP contribution in [0.4, 0.5) is 0 Å². The van der Waals surface area contributed by atoms with Gasteiger partial charge in [-0.05, 0) is 37.3 Å². The molecule has 1 aliphatic heterocycles. The molecule has 22 heavy (non-hydrogen) atoms. The van der Waals surface area contributed by atoms with Gasteiger partial charge in [-0.2, -0.15) is 0 Å². The molecule has 4 heteroatoms. The summed E-state index contributed by atoms with van der Waals surface area (Å²) in [5.74, 6) is 0.683. The highest BCUT2D eigenvalue weighted by atomic mass is 35.5. The maximum Gasteiger partial charge on any atom is 0.262 e. The summed E-state index contributed by atoms with van der Waals surface area (Å²) < 4.78 is 7.62. The van der Waals surface area contributed by atoms with Crippen LogP contribution in [-0.2, 0) is 6.42 Å². The largest absolute Gasteiger partial charge is 0.489 e. The van der Waals surface area contributed by atoms with Gasteiger partial charge >= 0.3 is 0 Å². The van der Waals surface area contributed by atoms with Gasteiger partial charge in [0, 0.05) is 22.5 Å². The molecule has 0 radical (unpaired) electrons. The lowest BCUT2D eigenvalue weighted by Crippen LogP contribution is -2.22. The maximum absolute atomic E-state index is 13.0. The van der Waals surface area contributed by atoms with E-state index in [0.29, 0.717) is 17.2 Å². The molecule has 0 aliphatic carbocycles. The van der Waals surface area contributed by atoms with Gasteiger partial charge in [0.1, 0.15) is 11.9 Å². The summed E-state index contributed by atoms with van der Waals surface area (Å²) in [5, 5.41) is 1.52. The molecule has 2 aromatic carbocycles. The Morgan fingerprint density at radius 2 is 1.95 bits per heavy atom. The minimum atomic E-state index is -0.0135. The Hall–Kier alpha value is -2.26. The van der Waals surface area contributed by atoms with E-state index in [2.05, 4.69) is 0 Å². The van der Waals surface area contributed by atoms with E-state index in [4.69, 9.17) is 16.3 Å². The smallest absolute Gasteiger partial charge is 0.262 e. The van der Waals surface area contributed by atoms with Crippen LogP contribution in [0.3, 0.4) is 0 Å². The van der Waals surface area contributed by atoms with Gasteiger partial charge in [0.25, 0.3) is 5.56 Å². The summed E-state index contributed by atoms with van der Waals surface area (Å²) in [4.78, 5) is 13.0. The average molecular weight is 312 g/mol. The molecule has 0 amide bonds. The number of aromatic nitrogens is 1. The number of pyridine rings is 1. The average Bonchev–Trinajstić information content (AvgIpc) is 2.92. The number of hydrogen-bond donors (Lipinski definition) is 0. The molecule has 0 spiro atoms. The highest BCUT2D eigenvalue weighted by Crippen LogP contribution is 2.36. The van der Waals surface area contributed by atoms with Gasteiger partial charge in [-0.25, -0.2) is 0 Å². The Kier molecular flexibility index (Phi) is 2.98. The number of halogens is 1. The van der Waals surface area contributed by atoms with Crippen molar-refractivity contribution in [1.82, 2.24) is 4.57 Å². The van der Waals surface area contributed by atoms with Crippen LogP contribution >= 0.6 is 11.6 Å². The molecule has 0 N–H and O–H groups in total. The van der Waals surface area contributed by atoms with Gasteiger partial charge in [0.2, 0.25) is 0 Å². The second-order valence-electron chi connectivity index (χ2n) is 5.58. The van der Waals surface area contributed by atoms with Crippen LogP contribution in [0.15, 0.2) is 53.3 Å². The Balaban J connectivity index is 2.16. The van der Waals surface area contributed by atoms with E-state index in [9.17, 15) is 4.79 Å². The summed E-state index contributed by atoms with van der Waals surface area (Å²) in [5.41, 5.74) is 2.38. The zero-order valence-corrected chi connectivity index (χ0v) is 12.8. The van der Waals surface area contributed by atoms with Gasteiger partial charge in [0.05, 0.1) is 11.1 Å². The zero-order chi connectivity index (χ0) is 15.3. The van der Waals surface area contributed by atoms with Crippen LogP contribution in [0.2, 0.25) is 5.02 Å². The molecule has 3 nitrogen and oxygen atoms in total. The predicted octanol–water partition coefficient (Wildman–Crippen LogP) is 3.97. The molecule has 110 valence electrons. The SMILES string of the molecule is CC1Cc2c(c3cc(Cl)ccc3n(-c3ccccc3)c2=O)O1. The van der Waals surface area contributed by atoms with Gasteiger partial charge in [-0.1, -0.05) is 29.8 Å². The fourth-order valence-corrected chi connectivity index (χ4v) is 3.24. The normalized spacial score (nSPS) is 16.5. The van der Waals surface area contributed by atoms with E-state index in [0.717, 1.165) is 22.2 Å². The van der Waals surface area contributed by atoms with Crippen LogP contribution in [0.5, 0.6) is 5.75 Å². The molecule has 1 unspecified atom stereocenters. The van der Waals surface area contributed by atoms with E-state index < -0.39 is 0 Å². The molecule has 1 aromatic heterocycles. The van der Waals surface area contributed by atoms with Crippen LogP contribution in [0.1, 0.15) is 12.5 Å². The summed E-state index contributed by atoms with van der Waals surface area (Å²) in [6, 6.07) is 15.2. The van der Waals surface area contributed by atoms with Crippen molar-refractivity contribution in [1.29, 1.82) is 0 Å². The Labute approximate surface area is 132 Å². The Bertz CT molecular complexity index is 931. The molecular weight excluding hydrogens is 298 g/mol. The summed E-state index contributed by atoms with van der Waals surface area (Å²) in [7, 11) is 0. The standard InChI is InChI=1S/C18H14ClNO2/c1-11-9-15-17(22-11)14-10-12(19)7-8-16(14)20(18(15)21)13-5-3-2-4-6-13/h2-8,10-11H,9H2,1H3. The van der Waals surface area contributed by atoms with E-state index in [1.165, 1.54) is 0 Å². The first-order valence-electron chi connectivity index (χ1n) is 7.24. The quantitative estimate of drug-likeness (QED) is 0.681. The van der Waals surface area contributed by atoms with Gasteiger partial charge in [0.15, 0.2) is 0 Å². The van der Waals surface area contributed by atoms with Crippen LogP contribution < -0.4 is 10.3 Å². The van der Waals surface area contributed by atoms with Crippen LogP contribution in [0, 0.1) is 0 Å². The summed E-state index contributed by atoms with van der Waals surface area (Å²) in [6.07, 6.45) is 0.639. The molecule has 0 fully saturated rings. The minimum Gasteiger partial charge on any atom is -0.489 e. The first-order chi connectivity index (χ1) is 10.6. The van der Waals surface area contributed by atoms with Gasteiger partial charge in [-0.3, -0.25) is 9.36 Å². The Morgan fingerprint density at radius 1 is 1.18 bits per heavy atom. The first kappa shape index (κ1) is 13.4. The monoisotopic (exact) mass is 311 g/mol. The number of benzene rings is 2. The van der Waals surface area contributed by atoms with Crippen molar-refractivity contribution in [3.8, 4) is 11.4 Å². The van der Waals surface area contributed by atoms with Crippen molar-refractivity contribution in [3.05, 3.63) is 69.5 Å². The second-order valence-corrected chi connectivity index (χ2v) is 6.01. The highest BCUT2D eigenvalue weighted by Gasteiger charge is 2.27. The maximum atomic E-state index is 13.0. The van der Waals surface area contributed by atoms with Crippen LogP contribution in [0.25, 0.3) is 16.6 Å². The number of ether oxygens (including phenoxy) is 1. The fraction of sp³-hybridized carbons (Fsp3) is 0.167. The number of para-hydroxylation sites is 1. The highest BCUT2D eigenvalue weighted by molar-refractivity contribution is 6.31. The van der Waals surface area contributed by atoms with E-state index >= 15 is 0 Å². The summed E-state index contributed by atoms with van der Waals surface area (Å²) in [6.45, 7) is 1.97. The third kappa shape index (κ3) is 1.93. The minimum absolute atomic E-state index is 0.0107. The lowest BCUT2D eigenvalue weighted by atomic mass is 10.1. The Morgan fingerprint density at radius 3 is 2.73 bits per heavy atom. The van der Waals surface area contributed by atoms with E-state index in [-0.39, 0.29) is 11.7 Å². The van der Waals surface area contributed by atoms with E-state index in [1.807, 2.05) is 49.4 Å². The van der Waals surface area contributed by atoms with E-state index in [1.54, 1.807) is 10.6 Å². The molecular formula is C18H14ClNO2.